The van der Waals surface area contributed by atoms with Crippen LogP contribution in [0.2, 0.25) is 5.02 Å². The molecule has 1 aliphatic rings. The summed E-state index contributed by atoms with van der Waals surface area (Å²) in [5.74, 6) is 0. The number of benzene rings is 1. The van der Waals surface area contributed by atoms with Crippen LogP contribution in [-0.2, 0) is 11.6 Å². The van der Waals surface area contributed by atoms with Crippen LogP contribution in [0.15, 0.2) is 18.2 Å². The molecule has 5 heteroatoms. The van der Waals surface area contributed by atoms with Gasteiger partial charge in [0.1, 0.15) is 0 Å². The molecule has 0 aliphatic heterocycles. The summed E-state index contributed by atoms with van der Waals surface area (Å²) in [6.07, 6.45) is -0.885. The molecule has 0 unspecified atom stereocenters. The lowest BCUT2D eigenvalue weighted by Gasteiger charge is -2.43. The van der Waals surface area contributed by atoms with Crippen molar-refractivity contribution in [3.63, 3.8) is 0 Å². The highest BCUT2D eigenvalue weighted by Gasteiger charge is 2.41. The molecule has 1 aromatic rings. The molecule has 0 saturated heterocycles. The van der Waals surface area contributed by atoms with Gasteiger partial charge in [-0.25, -0.2) is 0 Å². The predicted molar refractivity (Wildman–Crippen MR) is 65.7 cm³/mol. The fourth-order valence-electron chi connectivity index (χ4n) is 2.64. The average molecular weight is 278 g/mol. The highest BCUT2D eigenvalue weighted by Crippen LogP contribution is 2.49. The SMILES string of the molecule is NCCC1(c2cc(C(F)(F)F)ccc2Cl)CCC1. The largest absolute Gasteiger partial charge is 0.416 e. The molecule has 0 heterocycles. The fraction of sp³-hybridized carbons (Fsp3) is 0.538. The second kappa shape index (κ2) is 4.74. The van der Waals surface area contributed by atoms with Crippen molar-refractivity contribution < 1.29 is 13.2 Å². The van der Waals surface area contributed by atoms with Crippen LogP contribution in [0.5, 0.6) is 0 Å². The van der Waals surface area contributed by atoms with Gasteiger partial charge >= 0.3 is 6.18 Å². The van der Waals surface area contributed by atoms with Crippen LogP contribution >= 0.6 is 11.6 Å². The Balaban J connectivity index is 2.43. The van der Waals surface area contributed by atoms with Gasteiger partial charge in [-0.2, -0.15) is 13.2 Å². The summed E-state index contributed by atoms with van der Waals surface area (Å²) in [6, 6.07) is 3.56. The van der Waals surface area contributed by atoms with Gasteiger partial charge in [0.25, 0.3) is 0 Å². The maximum Gasteiger partial charge on any atom is 0.416 e. The van der Waals surface area contributed by atoms with Crippen LogP contribution in [0.25, 0.3) is 0 Å². The van der Waals surface area contributed by atoms with Crippen molar-refractivity contribution in [2.75, 3.05) is 6.54 Å². The van der Waals surface area contributed by atoms with Crippen molar-refractivity contribution in [1.29, 1.82) is 0 Å². The molecule has 0 radical (unpaired) electrons. The number of nitrogens with two attached hydrogens (primary N) is 1. The molecular formula is C13H15ClF3N. The molecule has 0 aromatic heterocycles. The molecule has 2 N–H and O–H groups in total. The third-order valence-electron chi connectivity index (χ3n) is 3.80. The lowest BCUT2D eigenvalue weighted by Crippen LogP contribution is -2.37. The summed E-state index contributed by atoms with van der Waals surface area (Å²) in [6.45, 7) is 0.465. The van der Waals surface area contributed by atoms with Crippen molar-refractivity contribution in [3.8, 4) is 0 Å². The third kappa shape index (κ3) is 2.36. The van der Waals surface area contributed by atoms with E-state index in [0.717, 1.165) is 25.3 Å². The Labute approximate surface area is 109 Å². The maximum absolute atomic E-state index is 12.7. The smallest absolute Gasteiger partial charge is 0.330 e. The van der Waals surface area contributed by atoms with E-state index in [0.29, 0.717) is 23.6 Å². The molecule has 100 valence electrons. The number of alkyl halides is 3. The Morgan fingerprint density at radius 1 is 1.28 bits per heavy atom. The van der Waals surface area contributed by atoms with Gasteiger partial charge in [-0.1, -0.05) is 18.0 Å². The Morgan fingerprint density at radius 2 is 1.94 bits per heavy atom. The van der Waals surface area contributed by atoms with Crippen molar-refractivity contribution in [2.24, 2.45) is 5.73 Å². The Hall–Kier alpha value is -0.740. The van der Waals surface area contributed by atoms with Gasteiger partial charge in [-0.3, -0.25) is 0 Å². The summed E-state index contributed by atoms with van der Waals surface area (Å²) >= 11 is 6.07. The molecule has 1 aromatic carbocycles. The van der Waals surface area contributed by atoms with Crippen LogP contribution in [0.3, 0.4) is 0 Å². The first-order chi connectivity index (χ1) is 8.39. The summed E-state index contributed by atoms with van der Waals surface area (Å²) in [4.78, 5) is 0. The summed E-state index contributed by atoms with van der Waals surface area (Å²) in [7, 11) is 0. The van der Waals surface area contributed by atoms with E-state index in [1.54, 1.807) is 0 Å². The highest BCUT2D eigenvalue weighted by molar-refractivity contribution is 6.31. The zero-order valence-electron chi connectivity index (χ0n) is 9.86. The number of halogens is 4. The molecule has 2 rings (SSSR count). The second-order valence-corrected chi connectivity index (χ2v) is 5.27. The Kier molecular flexibility index (Phi) is 3.60. The predicted octanol–water partition coefficient (Wildman–Crippen LogP) is 4.13. The van der Waals surface area contributed by atoms with E-state index in [4.69, 9.17) is 17.3 Å². The molecule has 1 nitrogen and oxygen atoms in total. The van der Waals surface area contributed by atoms with E-state index in [9.17, 15) is 13.2 Å². The first-order valence-electron chi connectivity index (χ1n) is 5.96. The third-order valence-corrected chi connectivity index (χ3v) is 4.13. The minimum atomic E-state index is -4.33. The molecular weight excluding hydrogens is 263 g/mol. The molecule has 18 heavy (non-hydrogen) atoms. The molecule has 0 atom stereocenters. The number of hydrogen-bond acceptors (Lipinski definition) is 1. The molecule has 1 saturated carbocycles. The summed E-state index contributed by atoms with van der Waals surface area (Å²) in [5, 5.41) is 0.413. The number of rotatable bonds is 3. The maximum atomic E-state index is 12.7. The van der Waals surface area contributed by atoms with E-state index >= 15 is 0 Å². The van der Waals surface area contributed by atoms with E-state index < -0.39 is 11.7 Å². The zero-order valence-corrected chi connectivity index (χ0v) is 10.6. The highest BCUT2D eigenvalue weighted by atomic mass is 35.5. The standard InChI is InChI=1S/C13H15ClF3N/c14-11-3-2-9(13(15,16)17)8-10(11)12(6-7-18)4-1-5-12/h2-3,8H,1,4-7,18H2. The normalized spacial score (nSPS) is 18.5. The summed E-state index contributed by atoms with van der Waals surface area (Å²) < 4.78 is 38.2. The van der Waals surface area contributed by atoms with Crippen LogP contribution in [-0.4, -0.2) is 6.54 Å². The van der Waals surface area contributed by atoms with Gasteiger partial charge in [0, 0.05) is 5.02 Å². The van der Waals surface area contributed by atoms with Gasteiger partial charge < -0.3 is 5.73 Å². The zero-order chi connectivity index (χ0) is 13.4. The van der Waals surface area contributed by atoms with Crippen molar-refractivity contribution >= 4 is 11.6 Å². The summed E-state index contributed by atoms with van der Waals surface area (Å²) in [5.41, 5.74) is 5.30. The first kappa shape index (κ1) is 13.7. The van der Waals surface area contributed by atoms with E-state index in [-0.39, 0.29) is 5.41 Å². The lowest BCUT2D eigenvalue weighted by molar-refractivity contribution is -0.137. The van der Waals surface area contributed by atoms with Gasteiger partial charge in [-0.15, -0.1) is 0 Å². The van der Waals surface area contributed by atoms with Crippen LogP contribution in [0.1, 0.15) is 36.8 Å². The first-order valence-corrected chi connectivity index (χ1v) is 6.34. The lowest BCUT2D eigenvalue weighted by atomic mass is 9.62. The molecule has 0 spiro atoms. The Morgan fingerprint density at radius 3 is 2.39 bits per heavy atom. The van der Waals surface area contributed by atoms with Crippen LogP contribution < -0.4 is 5.73 Å². The topological polar surface area (TPSA) is 26.0 Å². The molecule has 0 bridgehead atoms. The Bertz CT molecular complexity index is 438. The quantitative estimate of drug-likeness (QED) is 0.883. The van der Waals surface area contributed by atoms with Gasteiger partial charge in [0.15, 0.2) is 0 Å². The minimum Gasteiger partial charge on any atom is -0.330 e. The van der Waals surface area contributed by atoms with Crippen LogP contribution in [0.4, 0.5) is 13.2 Å². The van der Waals surface area contributed by atoms with Crippen molar-refractivity contribution in [3.05, 3.63) is 34.3 Å². The fourth-order valence-corrected chi connectivity index (χ4v) is 2.96. The average Bonchev–Trinajstić information content (AvgIpc) is 2.23. The number of hydrogen-bond donors (Lipinski definition) is 1. The van der Waals surface area contributed by atoms with Gasteiger partial charge in [-0.05, 0) is 55.0 Å². The molecule has 1 fully saturated rings. The van der Waals surface area contributed by atoms with Crippen molar-refractivity contribution in [1.82, 2.24) is 0 Å². The monoisotopic (exact) mass is 277 g/mol. The second-order valence-electron chi connectivity index (χ2n) is 4.86. The van der Waals surface area contributed by atoms with E-state index in [1.807, 2.05) is 0 Å². The van der Waals surface area contributed by atoms with E-state index in [1.165, 1.54) is 12.1 Å². The minimum absolute atomic E-state index is 0.243. The van der Waals surface area contributed by atoms with Crippen LogP contribution in [0, 0.1) is 0 Å². The molecule has 0 amide bonds. The van der Waals surface area contributed by atoms with E-state index in [2.05, 4.69) is 0 Å². The molecule has 1 aliphatic carbocycles. The van der Waals surface area contributed by atoms with Gasteiger partial charge in [0.05, 0.1) is 5.56 Å². The van der Waals surface area contributed by atoms with Gasteiger partial charge in [0.2, 0.25) is 0 Å². The van der Waals surface area contributed by atoms with Crippen molar-refractivity contribution in [2.45, 2.75) is 37.3 Å².